The summed E-state index contributed by atoms with van der Waals surface area (Å²) in [6, 6.07) is 4.90. The molecule has 20 heavy (non-hydrogen) atoms. The van der Waals surface area contributed by atoms with Crippen LogP contribution in [-0.4, -0.2) is 23.0 Å². The smallest absolute Gasteiger partial charge is 0.127 e. The van der Waals surface area contributed by atoms with Crippen molar-refractivity contribution in [3.63, 3.8) is 0 Å². The number of nitrogens with two attached hydrogens (primary N) is 1. The summed E-state index contributed by atoms with van der Waals surface area (Å²) in [7, 11) is 2.29. The number of aromatic nitrogens is 1. The van der Waals surface area contributed by atoms with E-state index in [1.165, 1.54) is 37.7 Å². The minimum Gasteiger partial charge on any atom is -0.383 e. The van der Waals surface area contributed by atoms with Crippen molar-refractivity contribution in [1.82, 2.24) is 9.88 Å². The van der Waals surface area contributed by atoms with E-state index < -0.39 is 0 Å². The van der Waals surface area contributed by atoms with E-state index in [1.807, 2.05) is 6.07 Å². The summed E-state index contributed by atoms with van der Waals surface area (Å²) in [6.45, 7) is 0.951. The third-order valence-electron chi connectivity index (χ3n) is 6.03. The Kier molecular flexibility index (Phi) is 2.99. The van der Waals surface area contributed by atoms with Crippen molar-refractivity contribution in [2.24, 2.45) is 23.7 Å². The normalized spacial score (nSPS) is 38.6. The SMILES string of the molecule is CN(Cc1cccnc1N)C1C2CC3CC(C2)CC1C3. The highest BCUT2D eigenvalue weighted by atomic mass is 15.1. The van der Waals surface area contributed by atoms with E-state index in [2.05, 4.69) is 23.0 Å². The van der Waals surface area contributed by atoms with Crippen LogP contribution in [0.25, 0.3) is 0 Å². The molecule has 0 atom stereocenters. The summed E-state index contributed by atoms with van der Waals surface area (Å²) in [5.41, 5.74) is 7.19. The molecule has 0 radical (unpaired) electrons. The highest BCUT2D eigenvalue weighted by Crippen LogP contribution is 2.55. The first-order chi connectivity index (χ1) is 9.70. The van der Waals surface area contributed by atoms with Crippen LogP contribution in [0.2, 0.25) is 0 Å². The van der Waals surface area contributed by atoms with Gasteiger partial charge in [-0.1, -0.05) is 6.07 Å². The van der Waals surface area contributed by atoms with E-state index in [0.29, 0.717) is 5.82 Å². The van der Waals surface area contributed by atoms with Crippen LogP contribution < -0.4 is 5.73 Å². The van der Waals surface area contributed by atoms with Crippen LogP contribution in [0.1, 0.15) is 37.7 Å². The zero-order chi connectivity index (χ0) is 13.7. The van der Waals surface area contributed by atoms with Gasteiger partial charge in [0.25, 0.3) is 0 Å². The zero-order valence-corrected chi connectivity index (χ0v) is 12.3. The van der Waals surface area contributed by atoms with Crippen LogP contribution in [-0.2, 0) is 6.54 Å². The van der Waals surface area contributed by atoms with E-state index in [-0.39, 0.29) is 0 Å². The number of rotatable bonds is 3. The Bertz CT molecular complexity index is 471. The van der Waals surface area contributed by atoms with Crippen molar-refractivity contribution in [2.75, 3.05) is 12.8 Å². The lowest BCUT2D eigenvalue weighted by molar-refractivity contribution is -0.0597. The maximum absolute atomic E-state index is 6.01. The molecule has 0 aliphatic heterocycles. The molecule has 3 nitrogen and oxygen atoms in total. The fourth-order valence-corrected chi connectivity index (χ4v) is 5.57. The van der Waals surface area contributed by atoms with Gasteiger partial charge in [-0.2, -0.15) is 0 Å². The highest BCUT2D eigenvalue weighted by molar-refractivity contribution is 5.38. The number of pyridine rings is 1. The molecule has 1 heterocycles. The summed E-state index contributed by atoms with van der Waals surface area (Å²) >= 11 is 0. The van der Waals surface area contributed by atoms with Gasteiger partial charge in [0.15, 0.2) is 0 Å². The Morgan fingerprint density at radius 2 is 1.80 bits per heavy atom. The van der Waals surface area contributed by atoms with Crippen molar-refractivity contribution in [3.8, 4) is 0 Å². The van der Waals surface area contributed by atoms with Gasteiger partial charge in [-0.25, -0.2) is 4.98 Å². The summed E-state index contributed by atoms with van der Waals surface area (Å²) in [4.78, 5) is 6.79. The average molecular weight is 271 g/mol. The molecule has 4 fully saturated rings. The predicted octanol–water partition coefficient (Wildman–Crippen LogP) is 2.92. The summed E-state index contributed by atoms with van der Waals surface area (Å²) in [5.74, 6) is 4.67. The van der Waals surface area contributed by atoms with Crippen LogP contribution in [0.15, 0.2) is 18.3 Å². The molecule has 3 heteroatoms. The second-order valence-corrected chi connectivity index (χ2v) is 7.38. The molecular weight excluding hydrogens is 246 g/mol. The zero-order valence-electron chi connectivity index (χ0n) is 12.3. The van der Waals surface area contributed by atoms with Gasteiger partial charge in [0.2, 0.25) is 0 Å². The van der Waals surface area contributed by atoms with Crippen molar-refractivity contribution < 1.29 is 0 Å². The lowest BCUT2D eigenvalue weighted by Crippen LogP contribution is -2.54. The van der Waals surface area contributed by atoms with Crippen molar-refractivity contribution >= 4 is 5.82 Å². The molecule has 4 aliphatic rings. The van der Waals surface area contributed by atoms with Gasteiger partial charge in [-0.15, -0.1) is 0 Å². The molecule has 5 rings (SSSR count). The molecule has 0 unspecified atom stereocenters. The maximum Gasteiger partial charge on any atom is 0.127 e. The topological polar surface area (TPSA) is 42.2 Å². The standard InChI is InChI=1S/C17H25N3/c1-20(10-13-3-2-4-19-17(13)18)16-14-6-11-5-12(8-14)9-15(16)7-11/h2-4,11-12,14-16H,5-10H2,1H3,(H2,18,19). The lowest BCUT2D eigenvalue weighted by atomic mass is 9.54. The molecule has 0 aromatic carbocycles. The molecule has 4 bridgehead atoms. The second kappa shape index (κ2) is 4.73. The molecule has 108 valence electrons. The van der Waals surface area contributed by atoms with E-state index in [9.17, 15) is 0 Å². The average Bonchev–Trinajstić information content (AvgIpc) is 2.40. The third-order valence-corrected chi connectivity index (χ3v) is 6.03. The van der Waals surface area contributed by atoms with E-state index in [4.69, 9.17) is 5.73 Å². The highest BCUT2D eigenvalue weighted by Gasteiger charge is 2.49. The number of hydrogen-bond acceptors (Lipinski definition) is 3. The van der Waals surface area contributed by atoms with Crippen LogP contribution in [0.3, 0.4) is 0 Å². The first-order valence-corrected chi connectivity index (χ1v) is 8.10. The van der Waals surface area contributed by atoms with Crippen molar-refractivity contribution in [2.45, 2.75) is 44.7 Å². The minimum atomic E-state index is 0.697. The van der Waals surface area contributed by atoms with Gasteiger partial charge in [-0.3, -0.25) is 4.90 Å². The number of nitrogen functional groups attached to an aromatic ring is 1. The van der Waals surface area contributed by atoms with Gasteiger partial charge in [0, 0.05) is 24.3 Å². The fraction of sp³-hybridized carbons (Fsp3) is 0.706. The monoisotopic (exact) mass is 271 g/mol. The van der Waals surface area contributed by atoms with Gasteiger partial charge in [0.05, 0.1) is 0 Å². The van der Waals surface area contributed by atoms with Crippen molar-refractivity contribution in [1.29, 1.82) is 0 Å². The predicted molar refractivity (Wildman–Crippen MR) is 80.9 cm³/mol. The first-order valence-electron chi connectivity index (χ1n) is 8.10. The quantitative estimate of drug-likeness (QED) is 0.919. The van der Waals surface area contributed by atoms with Crippen molar-refractivity contribution in [3.05, 3.63) is 23.9 Å². The summed E-state index contributed by atoms with van der Waals surface area (Å²) in [5, 5.41) is 0. The molecule has 0 amide bonds. The van der Waals surface area contributed by atoms with Gasteiger partial charge in [-0.05, 0) is 68.9 Å². The summed E-state index contributed by atoms with van der Waals surface area (Å²) < 4.78 is 0. The molecular formula is C17H25N3. The van der Waals surface area contributed by atoms with Gasteiger partial charge >= 0.3 is 0 Å². The first kappa shape index (κ1) is 12.6. The van der Waals surface area contributed by atoms with Crippen LogP contribution in [0, 0.1) is 23.7 Å². The van der Waals surface area contributed by atoms with Crippen LogP contribution in [0.5, 0.6) is 0 Å². The lowest BCUT2D eigenvalue weighted by Gasteiger charge is -2.56. The van der Waals surface area contributed by atoms with Crippen LogP contribution in [0.4, 0.5) is 5.82 Å². The van der Waals surface area contributed by atoms with E-state index in [0.717, 1.165) is 36.3 Å². The largest absolute Gasteiger partial charge is 0.383 e. The molecule has 4 aliphatic carbocycles. The Labute approximate surface area is 121 Å². The summed E-state index contributed by atoms with van der Waals surface area (Å²) in [6.07, 6.45) is 9.21. The minimum absolute atomic E-state index is 0.697. The Morgan fingerprint density at radius 3 is 2.40 bits per heavy atom. The Hall–Kier alpha value is -1.09. The number of hydrogen-bond donors (Lipinski definition) is 1. The maximum atomic E-state index is 6.01. The molecule has 0 spiro atoms. The Morgan fingerprint density at radius 1 is 1.15 bits per heavy atom. The van der Waals surface area contributed by atoms with Gasteiger partial charge in [0.1, 0.15) is 5.82 Å². The molecule has 2 N–H and O–H groups in total. The number of anilines is 1. The van der Waals surface area contributed by atoms with Gasteiger partial charge < -0.3 is 5.73 Å². The molecule has 1 aromatic rings. The third kappa shape index (κ3) is 2.03. The molecule has 1 aromatic heterocycles. The molecule has 0 saturated heterocycles. The number of nitrogens with zero attached hydrogens (tertiary/aromatic N) is 2. The van der Waals surface area contributed by atoms with E-state index in [1.54, 1.807) is 6.20 Å². The fourth-order valence-electron chi connectivity index (χ4n) is 5.57. The Balaban J connectivity index is 1.51. The molecule has 4 saturated carbocycles. The van der Waals surface area contributed by atoms with E-state index >= 15 is 0 Å². The van der Waals surface area contributed by atoms with Crippen LogP contribution >= 0.6 is 0 Å². The second-order valence-electron chi connectivity index (χ2n) is 7.38.